The monoisotopic (exact) mass is 352 g/mol. The first-order valence-corrected chi connectivity index (χ1v) is 9.25. The van der Waals surface area contributed by atoms with Gasteiger partial charge in [0.1, 0.15) is 5.75 Å². The Bertz CT molecular complexity index is 707. The molecule has 0 aromatic heterocycles. The summed E-state index contributed by atoms with van der Waals surface area (Å²) in [5, 5.41) is 4.38. The van der Waals surface area contributed by atoms with Gasteiger partial charge >= 0.3 is 0 Å². The van der Waals surface area contributed by atoms with Crippen LogP contribution in [0.1, 0.15) is 56.0 Å². The zero-order valence-electron chi connectivity index (χ0n) is 15.9. The third kappa shape index (κ3) is 6.36. The number of nitrogens with zero attached hydrogens (tertiary/aromatic N) is 1. The van der Waals surface area contributed by atoms with Crippen molar-refractivity contribution in [2.45, 2.75) is 40.0 Å². The van der Waals surface area contributed by atoms with Gasteiger partial charge in [-0.2, -0.15) is 5.10 Å². The molecule has 2 aromatic carbocycles. The number of nitrogens with one attached hydrogen (secondary N) is 1. The lowest BCUT2D eigenvalue weighted by molar-refractivity contribution is 0.0954. The second kappa shape index (κ2) is 10.4. The fraction of sp³-hybridized carbons (Fsp3) is 0.364. The predicted molar refractivity (Wildman–Crippen MR) is 107 cm³/mol. The summed E-state index contributed by atoms with van der Waals surface area (Å²) in [5.74, 6) is 1.02. The van der Waals surface area contributed by atoms with E-state index in [1.165, 1.54) is 0 Å². The van der Waals surface area contributed by atoms with E-state index < -0.39 is 0 Å². The highest BCUT2D eigenvalue weighted by Crippen LogP contribution is 2.13. The molecule has 138 valence electrons. The van der Waals surface area contributed by atoms with Crippen molar-refractivity contribution < 1.29 is 9.53 Å². The summed E-state index contributed by atoms with van der Waals surface area (Å²) < 4.78 is 5.64. The molecule has 0 bridgehead atoms. The molecule has 0 aliphatic rings. The van der Waals surface area contributed by atoms with E-state index in [1.54, 1.807) is 12.1 Å². The summed E-state index contributed by atoms with van der Waals surface area (Å²) in [6.07, 6.45) is 2.95. The Balaban J connectivity index is 2.03. The Morgan fingerprint density at radius 3 is 2.35 bits per heavy atom. The van der Waals surface area contributed by atoms with Gasteiger partial charge in [-0.15, -0.1) is 0 Å². The fourth-order valence-electron chi connectivity index (χ4n) is 2.39. The van der Waals surface area contributed by atoms with Gasteiger partial charge in [0.25, 0.3) is 5.91 Å². The van der Waals surface area contributed by atoms with Crippen molar-refractivity contribution in [1.29, 1.82) is 0 Å². The summed E-state index contributed by atoms with van der Waals surface area (Å²) in [6.45, 7) is 7.00. The molecule has 0 aliphatic heterocycles. The molecule has 26 heavy (non-hydrogen) atoms. The fourth-order valence-corrected chi connectivity index (χ4v) is 2.39. The summed E-state index contributed by atoms with van der Waals surface area (Å²) in [4.78, 5) is 12.4. The molecule has 0 unspecified atom stereocenters. The lowest BCUT2D eigenvalue weighted by atomic mass is 10.1. The normalized spacial score (nSPS) is 11.5. The van der Waals surface area contributed by atoms with Gasteiger partial charge in [0.2, 0.25) is 0 Å². The van der Waals surface area contributed by atoms with E-state index in [0.717, 1.165) is 36.3 Å². The number of hydrogen-bond donors (Lipinski definition) is 1. The van der Waals surface area contributed by atoms with Gasteiger partial charge in [0, 0.05) is 5.56 Å². The molecule has 0 radical (unpaired) electrons. The highest BCUT2D eigenvalue weighted by Gasteiger charge is 2.08. The Hall–Kier alpha value is -2.62. The SMILES string of the molecule is CCCCC(=NNC(=O)c1ccc(OCC(C)C)cc1)c1ccccc1. The molecule has 4 nitrogen and oxygen atoms in total. The number of carbonyl (C=O) groups is 1. The number of unbranched alkanes of at least 4 members (excludes halogenated alkanes) is 1. The minimum Gasteiger partial charge on any atom is -0.493 e. The number of benzene rings is 2. The molecule has 0 fully saturated rings. The number of carbonyl (C=O) groups excluding carboxylic acids is 1. The van der Waals surface area contributed by atoms with Crippen LogP contribution in [0.3, 0.4) is 0 Å². The van der Waals surface area contributed by atoms with Crippen LogP contribution in [0.4, 0.5) is 0 Å². The Kier molecular flexibility index (Phi) is 7.87. The van der Waals surface area contributed by atoms with Crippen LogP contribution in [0.25, 0.3) is 0 Å². The van der Waals surface area contributed by atoms with Gasteiger partial charge in [0.05, 0.1) is 12.3 Å². The van der Waals surface area contributed by atoms with Crippen LogP contribution in [-0.2, 0) is 0 Å². The number of hydrazone groups is 1. The van der Waals surface area contributed by atoms with Crippen molar-refractivity contribution in [2.75, 3.05) is 6.61 Å². The first-order valence-electron chi connectivity index (χ1n) is 9.25. The van der Waals surface area contributed by atoms with Gasteiger partial charge in [0.15, 0.2) is 0 Å². The van der Waals surface area contributed by atoms with Crippen molar-refractivity contribution >= 4 is 11.6 Å². The average molecular weight is 352 g/mol. The van der Waals surface area contributed by atoms with Crippen LogP contribution in [-0.4, -0.2) is 18.2 Å². The van der Waals surface area contributed by atoms with E-state index in [9.17, 15) is 4.79 Å². The maximum absolute atomic E-state index is 12.4. The third-order valence-corrected chi connectivity index (χ3v) is 3.87. The minimum atomic E-state index is -0.217. The average Bonchev–Trinajstić information content (AvgIpc) is 2.67. The van der Waals surface area contributed by atoms with Crippen LogP contribution in [0.15, 0.2) is 59.7 Å². The topological polar surface area (TPSA) is 50.7 Å². The highest BCUT2D eigenvalue weighted by atomic mass is 16.5. The molecular weight excluding hydrogens is 324 g/mol. The highest BCUT2D eigenvalue weighted by molar-refractivity contribution is 6.02. The van der Waals surface area contributed by atoms with Crippen LogP contribution >= 0.6 is 0 Å². The number of amides is 1. The lowest BCUT2D eigenvalue weighted by Crippen LogP contribution is -2.20. The van der Waals surface area contributed by atoms with Crippen molar-refractivity contribution in [3.8, 4) is 5.75 Å². The van der Waals surface area contributed by atoms with E-state index >= 15 is 0 Å². The maximum atomic E-state index is 12.4. The Morgan fingerprint density at radius 2 is 1.73 bits per heavy atom. The molecule has 0 spiro atoms. The maximum Gasteiger partial charge on any atom is 0.271 e. The van der Waals surface area contributed by atoms with Crippen LogP contribution in [0.5, 0.6) is 5.75 Å². The van der Waals surface area contributed by atoms with Crippen LogP contribution in [0, 0.1) is 5.92 Å². The van der Waals surface area contributed by atoms with Crippen LogP contribution < -0.4 is 10.2 Å². The Labute approximate surface area is 156 Å². The third-order valence-electron chi connectivity index (χ3n) is 3.87. The van der Waals surface area contributed by atoms with E-state index in [1.807, 2.05) is 42.5 Å². The van der Waals surface area contributed by atoms with Crippen molar-refractivity contribution in [2.24, 2.45) is 11.0 Å². The molecule has 0 saturated heterocycles. The van der Waals surface area contributed by atoms with Crippen molar-refractivity contribution in [3.63, 3.8) is 0 Å². The molecule has 2 aromatic rings. The standard InChI is InChI=1S/C22H28N2O2/c1-4-5-11-21(18-9-7-6-8-10-18)23-24-22(25)19-12-14-20(15-13-19)26-16-17(2)3/h6-10,12-15,17H,4-5,11,16H2,1-3H3,(H,24,25). The van der Waals surface area contributed by atoms with Crippen molar-refractivity contribution in [1.82, 2.24) is 5.43 Å². The van der Waals surface area contributed by atoms with E-state index in [2.05, 4.69) is 31.3 Å². The molecule has 2 rings (SSSR count). The number of hydrogen-bond acceptors (Lipinski definition) is 3. The molecule has 1 amide bonds. The van der Waals surface area contributed by atoms with Crippen molar-refractivity contribution in [3.05, 3.63) is 65.7 Å². The Morgan fingerprint density at radius 1 is 1.04 bits per heavy atom. The van der Waals surface area contributed by atoms with E-state index in [4.69, 9.17) is 4.74 Å². The molecule has 0 atom stereocenters. The predicted octanol–water partition coefficient (Wildman–Crippen LogP) is 5.05. The first-order chi connectivity index (χ1) is 12.6. The first kappa shape index (κ1) is 19.7. The van der Waals surface area contributed by atoms with Gasteiger partial charge in [-0.05, 0) is 48.6 Å². The van der Waals surface area contributed by atoms with Gasteiger partial charge < -0.3 is 4.74 Å². The van der Waals surface area contributed by atoms with Crippen LogP contribution in [0.2, 0.25) is 0 Å². The molecule has 1 N–H and O–H groups in total. The van der Waals surface area contributed by atoms with Gasteiger partial charge in [-0.1, -0.05) is 57.5 Å². The zero-order chi connectivity index (χ0) is 18.8. The minimum absolute atomic E-state index is 0.217. The molecule has 0 aliphatic carbocycles. The van der Waals surface area contributed by atoms with Gasteiger partial charge in [-0.3, -0.25) is 4.79 Å². The molecule has 4 heteroatoms. The van der Waals surface area contributed by atoms with E-state index in [-0.39, 0.29) is 5.91 Å². The quantitative estimate of drug-likeness (QED) is 0.507. The lowest BCUT2D eigenvalue weighted by Gasteiger charge is -2.09. The largest absolute Gasteiger partial charge is 0.493 e. The summed E-state index contributed by atoms with van der Waals surface area (Å²) >= 11 is 0. The number of ether oxygens (including phenoxy) is 1. The molecule has 0 saturated carbocycles. The van der Waals surface area contributed by atoms with Gasteiger partial charge in [-0.25, -0.2) is 5.43 Å². The molecule has 0 heterocycles. The second-order valence-electron chi connectivity index (χ2n) is 6.70. The zero-order valence-corrected chi connectivity index (χ0v) is 15.9. The smallest absolute Gasteiger partial charge is 0.271 e. The summed E-state index contributed by atoms with van der Waals surface area (Å²) in [6, 6.07) is 17.1. The number of rotatable bonds is 9. The second-order valence-corrected chi connectivity index (χ2v) is 6.70. The molecular formula is C22H28N2O2. The van der Waals surface area contributed by atoms with E-state index in [0.29, 0.717) is 18.1 Å². The summed E-state index contributed by atoms with van der Waals surface area (Å²) in [7, 11) is 0. The summed E-state index contributed by atoms with van der Waals surface area (Å²) in [5.41, 5.74) is 5.19.